The van der Waals surface area contributed by atoms with E-state index >= 15 is 0 Å². The van der Waals surface area contributed by atoms with Crippen LogP contribution in [0.4, 0.5) is 5.95 Å². The molecule has 0 unspecified atom stereocenters. The lowest BCUT2D eigenvalue weighted by Crippen LogP contribution is -2.16. The highest BCUT2D eigenvalue weighted by Gasteiger charge is 2.22. The molecule has 4 N–H and O–H groups in total. The highest BCUT2D eigenvalue weighted by Crippen LogP contribution is 2.26. The summed E-state index contributed by atoms with van der Waals surface area (Å²) in [5.74, 6) is -1.90. The van der Waals surface area contributed by atoms with Crippen LogP contribution in [0.5, 0.6) is 5.75 Å². The van der Waals surface area contributed by atoms with Gasteiger partial charge < -0.3 is 15.2 Å². The summed E-state index contributed by atoms with van der Waals surface area (Å²) in [7, 11) is -4.00. The summed E-state index contributed by atoms with van der Waals surface area (Å²) in [6.07, 6.45) is 2.80. The van der Waals surface area contributed by atoms with Gasteiger partial charge in [0.25, 0.3) is 10.0 Å². The fourth-order valence-electron chi connectivity index (χ4n) is 1.64. The van der Waals surface area contributed by atoms with Crippen LogP contribution in [-0.2, 0) is 10.0 Å². The molecule has 0 spiro atoms. The Bertz CT molecular complexity index is 753. The Balaban J connectivity index is 2.51. The van der Waals surface area contributed by atoms with E-state index in [9.17, 15) is 18.3 Å². The number of aromatic amines is 1. The van der Waals surface area contributed by atoms with Crippen molar-refractivity contribution in [3.8, 4) is 5.75 Å². The number of aromatic nitrogens is 2. The Hall–Kier alpha value is -2.55. The molecular formula is C11H11N3O5S. The predicted octanol–water partition coefficient (Wildman–Crippen LogP) is 0.923. The number of sulfonamides is 1. The second-order valence-corrected chi connectivity index (χ2v) is 5.63. The zero-order valence-electron chi connectivity index (χ0n) is 10.3. The number of nitrogens with one attached hydrogen (secondary N) is 2. The molecule has 2 rings (SSSR count). The molecule has 0 aliphatic carbocycles. The highest BCUT2D eigenvalue weighted by molar-refractivity contribution is 7.92. The number of aromatic hydroxyl groups is 1. The van der Waals surface area contributed by atoms with Gasteiger partial charge >= 0.3 is 5.97 Å². The molecule has 106 valence electrons. The second-order valence-electron chi connectivity index (χ2n) is 3.98. The SMILES string of the molecule is Cc1cc(O)c(C(=O)O)cc1S(=O)(=O)Nc1ncc[nH]1. The van der Waals surface area contributed by atoms with E-state index in [0.717, 1.165) is 12.1 Å². The minimum absolute atomic E-state index is 0.00866. The predicted molar refractivity (Wildman–Crippen MR) is 69.2 cm³/mol. The van der Waals surface area contributed by atoms with Crippen LogP contribution in [0.2, 0.25) is 0 Å². The summed E-state index contributed by atoms with van der Waals surface area (Å²) in [6.45, 7) is 1.45. The number of phenols is 1. The molecule has 20 heavy (non-hydrogen) atoms. The molecule has 1 heterocycles. The van der Waals surface area contributed by atoms with E-state index < -0.39 is 27.3 Å². The van der Waals surface area contributed by atoms with Crippen molar-refractivity contribution in [1.82, 2.24) is 9.97 Å². The lowest BCUT2D eigenvalue weighted by molar-refractivity contribution is 0.0693. The van der Waals surface area contributed by atoms with E-state index in [1.807, 2.05) is 0 Å². The summed E-state index contributed by atoms with van der Waals surface area (Å²) in [6, 6.07) is 1.98. The van der Waals surface area contributed by atoms with Crippen LogP contribution in [-0.4, -0.2) is 34.6 Å². The Morgan fingerprint density at radius 1 is 1.40 bits per heavy atom. The normalized spacial score (nSPS) is 11.2. The van der Waals surface area contributed by atoms with E-state index in [0.29, 0.717) is 0 Å². The quantitative estimate of drug-likeness (QED) is 0.663. The molecule has 0 saturated carbocycles. The first-order chi connectivity index (χ1) is 9.31. The van der Waals surface area contributed by atoms with Gasteiger partial charge in [-0.2, -0.15) is 0 Å². The number of carboxylic acid groups (broad SMARTS) is 1. The fourth-order valence-corrected chi connectivity index (χ4v) is 2.87. The van der Waals surface area contributed by atoms with Gasteiger partial charge in [-0.25, -0.2) is 22.9 Å². The first kappa shape index (κ1) is 13.9. The van der Waals surface area contributed by atoms with E-state index in [4.69, 9.17) is 5.11 Å². The van der Waals surface area contributed by atoms with Crippen molar-refractivity contribution in [3.05, 3.63) is 35.7 Å². The first-order valence-electron chi connectivity index (χ1n) is 5.40. The standard InChI is InChI=1S/C11H11N3O5S/c1-6-4-8(15)7(10(16)17)5-9(6)20(18,19)14-11-12-2-3-13-11/h2-5,15H,1H3,(H,16,17)(H2,12,13,14). The number of anilines is 1. The van der Waals surface area contributed by atoms with Gasteiger partial charge in [0.1, 0.15) is 11.3 Å². The van der Waals surface area contributed by atoms with Crippen LogP contribution >= 0.6 is 0 Å². The maximum Gasteiger partial charge on any atom is 0.339 e. The zero-order chi connectivity index (χ0) is 14.9. The van der Waals surface area contributed by atoms with Crippen molar-refractivity contribution < 1.29 is 23.4 Å². The van der Waals surface area contributed by atoms with Gasteiger partial charge in [0.2, 0.25) is 5.95 Å². The lowest BCUT2D eigenvalue weighted by Gasteiger charge is -2.10. The number of benzene rings is 1. The largest absolute Gasteiger partial charge is 0.507 e. The van der Waals surface area contributed by atoms with Gasteiger partial charge in [-0.1, -0.05) is 0 Å². The summed E-state index contributed by atoms with van der Waals surface area (Å²) < 4.78 is 26.5. The molecule has 0 aliphatic heterocycles. The molecule has 0 bridgehead atoms. The van der Waals surface area contributed by atoms with Crippen LogP contribution in [0, 0.1) is 6.92 Å². The molecular weight excluding hydrogens is 286 g/mol. The molecule has 0 saturated heterocycles. The third-order valence-corrected chi connectivity index (χ3v) is 4.02. The average Bonchev–Trinajstić information content (AvgIpc) is 2.79. The summed E-state index contributed by atoms with van der Waals surface area (Å²) in [4.78, 5) is 17.0. The molecule has 8 nitrogen and oxygen atoms in total. The molecule has 0 fully saturated rings. The van der Waals surface area contributed by atoms with Gasteiger partial charge in [0.05, 0.1) is 4.90 Å². The Morgan fingerprint density at radius 2 is 2.10 bits per heavy atom. The molecule has 1 aromatic heterocycles. The van der Waals surface area contributed by atoms with E-state index in [1.54, 1.807) is 0 Å². The number of carboxylic acids is 1. The summed E-state index contributed by atoms with van der Waals surface area (Å²) in [5, 5.41) is 18.4. The minimum atomic E-state index is -4.00. The fraction of sp³-hybridized carbons (Fsp3) is 0.0909. The number of aryl methyl sites for hydroxylation is 1. The van der Waals surface area contributed by atoms with Crippen molar-refractivity contribution in [3.63, 3.8) is 0 Å². The number of H-pyrrole nitrogens is 1. The monoisotopic (exact) mass is 297 g/mol. The van der Waals surface area contributed by atoms with Gasteiger partial charge in [0, 0.05) is 12.4 Å². The number of rotatable bonds is 4. The van der Waals surface area contributed by atoms with Crippen LogP contribution < -0.4 is 4.72 Å². The van der Waals surface area contributed by atoms with Gasteiger partial charge in [0.15, 0.2) is 0 Å². The number of hydrogen-bond acceptors (Lipinski definition) is 5. The van der Waals surface area contributed by atoms with E-state index in [-0.39, 0.29) is 16.4 Å². The smallest absolute Gasteiger partial charge is 0.339 e. The number of hydrogen-bond donors (Lipinski definition) is 4. The minimum Gasteiger partial charge on any atom is -0.507 e. The average molecular weight is 297 g/mol. The van der Waals surface area contributed by atoms with Crippen molar-refractivity contribution in [2.24, 2.45) is 0 Å². The maximum absolute atomic E-state index is 12.2. The maximum atomic E-state index is 12.2. The second kappa shape index (κ2) is 4.85. The zero-order valence-corrected chi connectivity index (χ0v) is 11.1. The van der Waals surface area contributed by atoms with E-state index in [1.165, 1.54) is 19.3 Å². The molecule has 0 amide bonds. The van der Waals surface area contributed by atoms with Gasteiger partial charge in [-0.05, 0) is 24.6 Å². The van der Waals surface area contributed by atoms with Gasteiger partial charge in [-0.15, -0.1) is 0 Å². The van der Waals surface area contributed by atoms with Crippen molar-refractivity contribution in [1.29, 1.82) is 0 Å². The van der Waals surface area contributed by atoms with Crippen molar-refractivity contribution in [2.45, 2.75) is 11.8 Å². The summed E-state index contributed by atoms with van der Waals surface area (Å²) in [5.41, 5.74) is -0.276. The van der Waals surface area contributed by atoms with Crippen molar-refractivity contribution >= 4 is 21.9 Å². The van der Waals surface area contributed by atoms with E-state index in [2.05, 4.69) is 14.7 Å². The molecule has 9 heteroatoms. The molecule has 0 atom stereocenters. The Morgan fingerprint density at radius 3 is 2.65 bits per heavy atom. The number of imidazole rings is 1. The number of aromatic carboxylic acids is 1. The molecule has 0 radical (unpaired) electrons. The molecule has 0 aliphatic rings. The Kier molecular flexibility index (Phi) is 3.36. The van der Waals surface area contributed by atoms with Crippen LogP contribution in [0.1, 0.15) is 15.9 Å². The first-order valence-corrected chi connectivity index (χ1v) is 6.88. The third kappa shape index (κ3) is 2.57. The van der Waals surface area contributed by atoms with Crippen LogP contribution in [0.15, 0.2) is 29.4 Å². The van der Waals surface area contributed by atoms with Crippen LogP contribution in [0.25, 0.3) is 0 Å². The van der Waals surface area contributed by atoms with Gasteiger partial charge in [-0.3, -0.25) is 0 Å². The third-order valence-electron chi connectivity index (χ3n) is 2.54. The van der Waals surface area contributed by atoms with Crippen molar-refractivity contribution in [2.75, 3.05) is 4.72 Å². The molecule has 2 aromatic rings. The number of carbonyl (C=O) groups is 1. The highest BCUT2D eigenvalue weighted by atomic mass is 32.2. The topological polar surface area (TPSA) is 132 Å². The molecule has 1 aromatic carbocycles. The Labute approximate surface area is 114 Å². The number of nitrogens with zero attached hydrogens (tertiary/aromatic N) is 1. The lowest BCUT2D eigenvalue weighted by atomic mass is 10.1. The van der Waals surface area contributed by atoms with Crippen LogP contribution in [0.3, 0.4) is 0 Å². The summed E-state index contributed by atoms with van der Waals surface area (Å²) >= 11 is 0.